The van der Waals surface area contributed by atoms with Crippen molar-refractivity contribution >= 4 is 46.6 Å². The summed E-state index contributed by atoms with van der Waals surface area (Å²) in [7, 11) is 0. The maximum Gasteiger partial charge on any atom is 0.335 e. The number of nitrogens with zero attached hydrogens (tertiary/aromatic N) is 1. The van der Waals surface area contributed by atoms with Gasteiger partial charge in [-0.3, -0.25) is 4.98 Å². The predicted octanol–water partition coefficient (Wildman–Crippen LogP) is 4.11. The van der Waals surface area contributed by atoms with E-state index in [0.29, 0.717) is 22.3 Å². The van der Waals surface area contributed by atoms with Gasteiger partial charge in [-0.1, -0.05) is 6.07 Å². The van der Waals surface area contributed by atoms with Crippen LogP contribution in [0.15, 0.2) is 48.5 Å². The molecule has 0 amide bonds. The van der Waals surface area contributed by atoms with Crippen molar-refractivity contribution in [2.24, 2.45) is 0 Å². The average Bonchev–Trinajstić information content (AvgIpc) is 2.54. The van der Waals surface area contributed by atoms with Crippen LogP contribution in [0.2, 0.25) is 0 Å². The van der Waals surface area contributed by atoms with Gasteiger partial charge in [0, 0.05) is 22.5 Å². The van der Waals surface area contributed by atoms with E-state index in [1.54, 1.807) is 30.3 Å². The van der Waals surface area contributed by atoms with Gasteiger partial charge in [0.15, 0.2) is 0 Å². The molecular formula is C18H15ClN2O4. The number of carbonyl (C=O) groups is 2. The van der Waals surface area contributed by atoms with Crippen LogP contribution in [0.1, 0.15) is 26.4 Å². The Hall–Kier alpha value is -3.12. The number of carboxylic acids is 2. The third-order valence-corrected chi connectivity index (χ3v) is 3.57. The third-order valence-electron chi connectivity index (χ3n) is 3.57. The highest BCUT2D eigenvalue weighted by Crippen LogP contribution is 2.28. The molecule has 2 aromatic carbocycles. The Bertz CT molecular complexity index is 972. The molecule has 0 aliphatic heterocycles. The number of aromatic nitrogens is 1. The summed E-state index contributed by atoms with van der Waals surface area (Å²) in [6.45, 7) is 1.84. The lowest BCUT2D eigenvalue weighted by atomic mass is 10.1. The molecule has 3 N–H and O–H groups in total. The number of aryl methyl sites for hydroxylation is 1. The normalized spacial score (nSPS) is 10.1. The highest BCUT2D eigenvalue weighted by molar-refractivity contribution is 5.99. The number of carboxylic acid groups (broad SMARTS) is 2. The van der Waals surface area contributed by atoms with Gasteiger partial charge in [0.05, 0.1) is 16.6 Å². The number of pyridine rings is 1. The lowest BCUT2D eigenvalue weighted by Gasteiger charge is -2.12. The molecule has 0 unspecified atom stereocenters. The number of fused-ring (bicyclic) bond motifs is 1. The van der Waals surface area contributed by atoms with Crippen molar-refractivity contribution in [2.45, 2.75) is 6.92 Å². The molecule has 0 aliphatic carbocycles. The van der Waals surface area contributed by atoms with E-state index < -0.39 is 11.9 Å². The van der Waals surface area contributed by atoms with Gasteiger partial charge in [-0.25, -0.2) is 9.59 Å². The van der Waals surface area contributed by atoms with Gasteiger partial charge in [0.2, 0.25) is 0 Å². The van der Waals surface area contributed by atoms with Crippen molar-refractivity contribution in [3.63, 3.8) is 0 Å². The quantitative estimate of drug-likeness (QED) is 0.649. The Kier molecular flexibility index (Phi) is 5.24. The van der Waals surface area contributed by atoms with Gasteiger partial charge in [-0.05, 0) is 49.4 Å². The fraction of sp³-hybridized carbons (Fsp3) is 0.0556. The SMILES string of the molecule is Cc1cc(Nc2cccc(C(=O)O)c2)c2cc(C(=O)O)ccc2n1.Cl. The van der Waals surface area contributed by atoms with E-state index in [4.69, 9.17) is 5.11 Å². The molecule has 0 radical (unpaired) electrons. The molecule has 1 heterocycles. The first-order valence-electron chi connectivity index (χ1n) is 7.19. The Labute approximate surface area is 149 Å². The minimum Gasteiger partial charge on any atom is -0.478 e. The molecule has 0 saturated heterocycles. The molecule has 1 aromatic heterocycles. The van der Waals surface area contributed by atoms with Crippen LogP contribution in [0.3, 0.4) is 0 Å². The standard InChI is InChI=1S/C18H14N2O4.ClH/c1-10-7-16(20-13-4-2-3-11(8-13)17(21)22)14-9-12(18(23)24)5-6-15(14)19-10;/h2-9H,1H3,(H,19,20)(H,21,22)(H,23,24);1H. The number of nitrogens with one attached hydrogen (secondary N) is 1. The number of hydrogen-bond donors (Lipinski definition) is 3. The monoisotopic (exact) mass is 358 g/mol. The van der Waals surface area contributed by atoms with Crippen LogP contribution >= 0.6 is 12.4 Å². The summed E-state index contributed by atoms with van der Waals surface area (Å²) in [5.41, 5.74) is 3.03. The molecule has 0 saturated carbocycles. The first kappa shape index (κ1) is 18.2. The second-order valence-corrected chi connectivity index (χ2v) is 5.36. The van der Waals surface area contributed by atoms with E-state index in [0.717, 1.165) is 5.69 Å². The van der Waals surface area contributed by atoms with Crippen LogP contribution in [0.5, 0.6) is 0 Å². The van der Waals surface area contributed by atoms with Crippen molar-refractivity contribution in [1.82, 2.24) is 4.98 Å². The Balaban J connectivity index is 0.00000225. The molecule has 6 nitrogen and oxygen atoms in total. The molecule has 0 aliphatic rings. The predicted molar refractivity (Wildman–Crippen MR) is 97.4 cm³/mol. The summed E-state index contributed by atoms with van der Waals surface area (Å²) in [4.78, 5) is 26.7. The van der Waals surface area contributed by atoms with E-state index >= 15 is 0 Å². The molecule has 3 aromatic rings. The average molecular weight is 359 g/mol. The van der Waals surface area contributed by atoms with Crippen LogP contribution < -0.4 is 5.32 Å². The van der Waals surface area contributed by atoms with Crippen LogP contribution in [0.25, 0.3) is 10.9 Å². The summed E-state index contributed by atoms with van der Waals surface area (Å²) in [5, 5.41) is 22.1. The smallest absolute Gasteiger partial charge is 0.335 e. The van der Waals surface area contributed by atoms with Gasteiger partial charge >= 0.3 is 11.9 Å². The molecule has 7 heteroatoms. The fourth-order valence-electron chi connectivity index (χ4n) is 2.48. The summed E-state index contributed by atoms with van der Waals surface area (Å²) in [6, 6.07) is 12.9. The first-order valence-corrected chi connectivity index (χ1v) is 7.19. The topological polar surface area (TPSA) is 99.5 Å². The maximum absolute atomic E-state index is 11.2. The van der Waals surface area contributed by atoms with Crippen molar-refractivity contribution in [3.8, 4) is 0 Å². The lowest BCUT2D eigenvalue weighted by Crippen LogP contribution is -2.00. The number of rotatable bonds is 4. The van der Waals surface area contributed by atoms with Gasteiger partial charge < -0.3 is 15.5 Å². The van der Waals surface area contributed by atoms with Crippen LogP contribution in [-0.2, 0) is 0 Å². The summed E-state index contributed by atoms with van der Waals surface area (Å²) >= 11 is 0. The second-order valence-electron chi connectivity index (χ2n) is 5.36. The maximum atomic E-state index is 11.2. The molecule has 128 valence electrons. The zero-order valence-electron chi connectivity index (χ0n) is 13.2. The highest BCUT2D eigenvalue weighted by atomic mass is 35.5. The van der Waals surface area contributed by atoms with E-state index in [1.807, 2.05) is 6.92 Å². The largest absolute Gasteiger partial charge is 0.478 e. The molecule has 0 fully saturated rings. The lowest BCUT2D eigenvalue weighted by molar-refractivity contribution is 0.0686. The van der Waals surface area contributed by atoms with Gasteiger partial charge in [-0.2, -0.15) is 0 Å². The van der Waals surface area contributed by atoms with Crippen LogP contribution in [-0.4, -0.2) is 27.1 Å². The highest BCUT2D eigenvalue weighted by Gasteiger charge is 2.10. The molecule has 0 atom stereocenters. The Morgan fingerprint density at radius 2 is 1.64 bits per heavy atom. The van der Waals surface area contributed by atoms with Crippen LogP contribution in [0, 0.1) is 6.92 Å². The summed E-state index contributed by atoms with van der Waals surface area (Å²) in [5.74, 6) is -2.03. The minimum atomic E-state index is -1.02. The number of hydrogen-bond acceptors (Lipinski definition) is 4. The number of halogens is 1. The molecule has 0 bridgehead atoms. The molecular weight excluding hydrogens is 344 g/mol. The first-order chi connectivity index (χ1) is 11.4. The van der Waals surface area contributed by atoms with Gasteiger partial charge in [-0.15, -0.1) is 12.4 Å². The fourth-order valence-corrected chi connectivity index (χ4v) is 2.48. The molecule has 0 spiro atoms. The summed E-state index contributed by atoms with van der Waals surface area (Å²) < 4.78 is 0. The van der Waals surface area contributed by atoms with E-state index in [1.165, 1.54) is 18.2 Å². The molecule has 3 rings (SSSR count). The molecule has 25 heavy (non-hydrogen) atoms. The van der Waals surface area contributed by atoms with Crippen molar-refractivity contribution in [1.29, 1.82) is 0 Å². The second kappa shape index (κ2) is 7.19. The minimum absolute atomic E-state index is 0. The number of aromatic carboxylic acids is 2. The summed E-state index contributed by atoms with van der Waals surface area (Å²) in [6.07, 6.45) is 0. The number of anilines is 2. The van der Waals surface area contributed by atoms with E-state index in [2.05, 4.69) is 10.3 Å². The Morgan fingerprint density at radius 1 is 0.960 bits per heavy atom. The van der Waals surface area contributed by atoms with Crippen molar-refractivity contribution in [3.05, 3.63) is 65.4 Å². The zero-order valence-corrected chi connectivity index (χ0v) is 14.0. The van der Waals surface area contributed by atoms with Crippen molar-refractivity contribution in [2.75, 3.05) is 5.32 Å². The van der Waals surface area contributed by atoms with Gasteiger partial charge in [0.25, 0.3) is 0 Å². The number of benzene rings is 2. The van der Waals surface area contributed by atoms with E-state index in [-0.39, 0.29) is 23.5 Å². The Morgan fingerprint density at radius 3 is 2.32 bits per heavy atom. The van der Waals surface area contributed by atoms with E-state index in [9.17, 15) is 14.7 Å². The van der Waals surface area contributed by atoms with Gasteiger partial charge in [0.1, 0.15) is 0 Å². The zero-order chi connectivity index (χ0) is 17.3. The van der Waals surface area contributed by atoms with Crippen molar-refractivity contribution < 1.29 is 19.8 Å². The van der Waals surface area contributed by atoms with Crippen LogP contribution in [0.4, 0.5) is 11.4 Å². The third kappa shape index (κ3) is 3.87.